The smallest absolute Gasteiger partial charge is 0.475 e. The Labute approximate surface area is 145 Å². The number of anilines is 1. The summed E-state index contributed by atoms with van der Waals surface area (Å²) in [6, 6.07) is 16.3. The largest absolute Gasteiger partial charge is 0.490 e. The van der Waals surface area contributed by atoms with Crippen LogP contribution in [0.1, 0.15) is 5.56 Å². The number of carboxylic acid groups (broad SMARTS) is 2. The van der Waals surface area contributed by atoms with Crippen LogP contribution in [0.25, 0.3) is 0 Å². The molecule has 1 amide bonds. The topological polar surface area (TPSA) is 77.8 Å². The highest BCUT2D eigenvalue weighted by Crippen LogP contribution is 2.21. The Hall–Kier alpha value is -2.74. The second kappa shape index (κ2) is 8.93. The first-order valence-corrected chi connectivity index (χ1v) is 7.09. The van der Waals surface area contributed by atoms with Crippen LogP contribution in [-0.4, -0.2) is 28.5 Å². The molecule has 5 nitrogen and oxygen atoms in total. The zero-order valence-electron chi connectivity index (χ0n) is 12.6. The molecule has 0 saturated carbocycles. The lowest BCUT2D eigenvalue weighted by Crippen LogP contribution is -2.28. The third-order valence-corrected chi connectivity index (χ3v) is 3.01. The van der Waals surface area contributed by atoms with E-state index in [1.54, 1.807) is 24.3 Å². The van der Waals surface area contributed by atoms with Crippen LogP contribution in [0.4, 0.5) is 23.7 Å². The first-order valence-electron chi connectivity index (χ1n) is 6.71. The lowest BCUT2D eigenvalue weighted by molar-refractivity contribution is -0.192. The number of alkyl halides is 3. The number of hydrogen-bond donors (Lipinski definition) is 2. The molecule has 0 aromatic heterocycles. The Bertz CT molecular complexity index is 723. The van der Waals surface area contributed by atoms with E-state index in [-0.39, 0.29) is 0 Å². The maximum absolute atomic E-state index is 11.3. The van der Waals surface area contributed by atoms with E-state index in [1.807, 2.05) is 30.3 Å². The van der Waals surface area contributed by atoms with E-state index in [0.29, 0.717) is 17.3 Å². The number of rotatable bonds is 3. The van der Waals surface area contributed by atoms with E-state index in [4.69, 9.17) is 21.5 Å². The molecule has 2 aromatic carbocycles. The molecule has 0 fully saturated rings. The number of hydrogen-bond acceptors (Lipinski definition) is 2. The van der Waals surface area contributed by atoms with Crippen LogP contribution >= 0.6 is 11.6 Å². The number of benzene rings is 2. The van der Waals surface area contributed by atoms with Gasteiger partial charge < -0.3 is 10.2 Å². The summed E-state index contributed by atoms with van der Waals surface area (Å²) < 4.78 is 31.7. The maximum Gasteiger partial charge on any atom is 0.490 e. The van der Waals surface area contributed by atoms with Gasteiger partial charge in [0, 0.05) is 10.7 Å². The summed E-state index contributed by atoms with van der Waals surface area (Å²) in [5.41, 5.74) is 1.50. The molecule has 0 aliphatic rings. The minimum absolute atomic E-state index is 0.302. The standard InChI is InChI=1S/C14H12ClNO2.C2HF3O2/c15-12-7-4-8-13(9-12)16(14(17)18)10-11-5-2-1-3-6-11;3-2(4,5)1(6)7/h1-9H,10H2,(H,17,18);(H,6,7). The quantitative estimate of drug-likeness (QED) is 0.818. The molecule has 0 aliphatic heterocycles. The second-order valence-electron chi connectivity index (χ2n) is 4.64. The summed E-state index contributed by atoms with van der Waals surface area (Å²) in [7, 11) is 0. The predicted molar refractivity (Wildman–Crippen MR) is 85.8 cm³/mol. The Balaban J connectivity index is 0.000000381. The van der Waals surface area contributed by atoms with Crippen LogP contribution < -0.4 is 4.90 Å². The highest BCUT2D eigenvalue weighted by atomic mass is 35.5. The van der Waals surface area contributed by atoms with Crippen molar-refractivity contribution in [3.05, 3.63) is 65.2 Å². The molecule has 0 aliphatic carbocycles. The van der Waals surface area contributed by atoms with Crippen LogP contribution in [0.2, 0.25) is 5.02 Å². The maximum atomic E-state index is 11.3. The van der Waals surface area contributed by atoms with E-state index < -0.39 is 18.2 Å². The second-order valence-corrected chi connectivity index (χ2v) is 5.07. The molecule has 134 valence electrons. The number of amides is 1. The Kier molecular flexibility index (Phi) is 7.25. The highest BCUT2D eigenvalue weighted by Gasteiger charge is 2.38. The molecule has 0 unspecified atom stereocenters. The van der Waals surface area contributed by atoms with Gasteiger partial charge in [-0.25, -0.2) is 9.59 Å². The minimum atomic E-state index is -5.08. The van der Waals surface area contributed by atoms with Gasteiger partial charge in [-0.05, 0) is 23.8 Å². The van der Waals surface area contributed by atoms with Crippen LogP contribution in [-0.2, 0) is 11.3 Å². The summed E-state index contributed by atoms with van der Waals surface area (Å²) in [5, 5.41) is 16.9. The molecule has 25 heavy (non-hydrogen) atoms. The summed E-state index contributed by atoms with van der Waals surface area (Å²) in [6.07, 6.45) is -6.08. The minimum Gasteiger partial charge on any atom is -0.475 e. The van der Waals surface area contributed by atoms with Crippen LogP contribution in [0.5, 0.6) is 0 Å². The van der Waals surface area contributed by atoms with Crippen LogP contribution in [0, 0.1) is 0 Å². The van der Waals surface area contributed by atoms with Crippen molar-refractivity contribution in [2.24, 2.45) is 0 Å². The Morgan fingerprint density at radius 1 is 1.00 bits per heavy atom. The number of aliphatic carboxylic acids is 1. The number of nitrogens with zero attached hydrogens (tertiary/aromatic N) is 1. The van der Waals surface area contributed by atoms with Gasteiger partial charge in [-0.1, -0.05) is 48.0 Å². The summed E-state index contributed by atoms with van der Waals surface area (Å²) in [5.74, 6) is -2.76. The van der Waals surface area contributed by atoms with Gasteiger partial charge in [-0.3, -0.25) is 4.90 Å². The number of carbonyl (C=O) groups is 2. The van der Waals surface area contributed by atoms with E-state index in [1.165, 1.54) is 4.90 Å². The fraction of sp³-hybridized carbons (Fsp3) is 0.125. The van der Waals surface area contributed by atoms with Crippen LogP contribution in [0.15, 0.2) is 54.6 Å². The van der Waals surface area contributed by atoms with Gasteiger partial charge in [-0.2, -0.15) is 13.2 Å². The lowest BCUT2D eigenvalue weighted by Gasteiger charge is -2.19. The van der Waals surface area contributed by atoms with Crippen LogP contribution in [0.3, 0.4) is 0 Å². The average molecular weight is 376 g/mol. The van der Waals surface area contributed by atoms with E-state index in [2.05, 4.69) is 0 Å². The van der Waals surface area contributed by atoms with Crippen molar-refractivity contribution in [3.63, 3.8) is 0 Å². The first kappa shape index (κ1) is 20.3. The van der Waals surface area contributed by atoms with Crippen molar-refractivity contribution in [1.82, 2.24) is 0 Å². The molecule has 0 atom stereocenters. The molecule has 0 bridgehead atoms. The number of carboxylic acids is 1. The lowest BCUT2D eigenvalue weighted by atomic mass is 10.2. The zero-order valence-corrected chi connectivity index (χ0v) is 13.3. The highest BCUT2D eigenvalue weighted by molar-refractivity contribution is 6.30. The molecule has 0 radical (unpaired) electrons. The summed E-state index contributed by atoms with van der Waals surface area (Å²) in [4.78, 5) is 21.5. The normalized spacial score (nSPS) is 10.4. The SMILES string of the molecule is O=C(O)C(F)(F)F.O=C(O)N(Cc1ccccc1)c1cccc(Cl)c1. The molecule has 2 rings (SSSR count). The monoisotopic (exact) mass is 375 g/mol. The molecule has 0 heterocycles. The Morgan fingerprint density at radius 2 is 1.56 bits per heavy atom. The van der Waals surface area contributed by atoms with Gasteiger partial charge in [0.1, 0.15) is 0 Å². The third kappa shape index (κ3) is 7.13. The van der Waals surface area contributed by atoms with E-state index >= 15 is 0 Å². The average Bonchev–Trinajstić information content (AvgIpc) is 2.53. The molecule has 2 N–H and O–H groups in total. The van der Waals surface area contributed by atoms with Gasteiger partial charge in [-0.15, -0.1) is 0 Å². The molecule has 9 heteroatoms. The first-order chi connectivity index (χ1) is 11.6. The van der Waals surface area contributed by atoms with Crippen molar-refractivity contribution < 1.29 is 33.0 Å². The van der Waals surface area contributed by atoms with Gasteiger partial charge in [0.25, 0.3) is 0 Å². The zero-order chi connectivity index (χ0) is 19.0. The predicted octanol–water partition coefficient (Wildman–Crippen LogP) is 4.66. The van der Waals surface area contributed by atoms with Gasteiger partial charge in [0.15, 0.2) is 0 Å². The molecule has 0 saturated heterocycles. The van der Waals surface area contributed by atoms with E-state index in [0.717, 1.165) is 5.56 Å². The van der Waals surface area contributed by atoms with Gasteiger partial charge in [0.2, 0.25) is 0 Å². The summed E-state index contributed by atoms with van der Waals surface area (Å²) in [6.45, 7) is 0.302. The van der Waals surface area contributed by atoms with Crippen molar-refractivity contribution in [2.45, 2.75) is 12.7 Å². The third-order valence-electron chi connectivity index (χ3n) is 2.78. The van der Waals surface area contributed by atoms with Gasteiger partial charge in [0.05, 0.1) is 6.54 Å². The Morgan fingerprint density at radius 3 is 2.00 bits per heavy atom. The van der Waals surface area contributed by atoms with Crippen molar-refractivity contribution in [3.8, 4) is 0 Å². The van der Waals surface area contributed by atoms with Crippen molar-refractivity contribution in [2.75, 3.05) is 4.90 Å². The number of halogens is 4. The van der Waals surface area contributed by atoms with E-state index in [9.17, 15) is 23.1 Å². The molecule has 0 spiro atoms. The fourth-order valence-electron chi connectivity index (χ4n) is 1.68. The molecular weight excluding hydrogens is 363 g/mol. The van der Waals surface area contributed by atoms with Gasteiger partial charge >= 0.3 is 18.2 Å². The van der Waals surface area contributed by atoms with Crippen molar-refractivity contribution >= 4 is 29.4 Å². The van der Waals surface area contributed by atoms with Crippen molar-refractivity contribution in [1.29, 1.82) is 0 Å². The molecular formula is C16H13ClF3NO4. The summed E-state index contributed by atoms with van der Waals surface area (Å²) >= 11 is 5.88. The fourth-order valence-corrected chi connectivity index (χ4v) is 1.86. The molecule has 2 aromatic rings.